The minimum atomic E-state index is -0.422. The Morgan fingerprint density at radius 1 is 1.25 bits per heavy atom. The molecule has 0 saturated carbocycles. The summed E-state index contributed by atoms with van der Waals surface area (Å²) in [5.74, 6) is 0.397. The van der Waals surface area contributed by atoms with Crippen LogP contribution in [0.3, 0.4) is 0 Å². The fourth-order valence-corrected chi connectivity index (χ4v) is 3.13. The predicted octanol–water partition coefficient (Wildman–Crippen LogP) is 4.93. The lowest BCUT2D eigenvalue weighted by molar-refractivity contribution is -0.0193. The molecule has 0 aliphatic carbocycles. The van der Waals surface area contributed by atoms with Crippen LogP contribution in [0.1, 0.15) is 76.5 Å². The van der Waals surface area contributed by atoms with Crippen molar-refractivity contribution in [1.29, 1.82) is 0 Å². The molecule has 1 aromatic carbocycles. The number of aliphatic hydroxyl groups is 1. The number of nitrogen functional groups attached to an aromatic ring is 1. The third-order valence-corrected chi connectivity index (χ3v) is 4.60. The highest BCUT2D eigenvalue weighted by atomic mass is 16.5. The summed E-state index contributed by atoms with van der Waals surface area (Å²) in [6.07, 6.45) is 7.76. The summed E-state index contributed by atoms with van der Waals surface area (Å²) in [6.45, 7) is 11.4. The second-order valence-corrected chi connectivity index (χ2v) is 6.75. The van der Waals surface area contributed by atoms with Crippen molar-refractivity contribution in [3.8, 4) is 0 Å². The lowest BCUT2D eigenvalue weighted by atomic mass is 9.91. The molecule has 1 aromatic rings. The zero-order valence-electron chi connectivity index (χ0n) is 16.1. The Kier molecular flexibility index (Phi) is 8.51. The Bertz CT molecular complexity index is 529. The third kappa shape index (κ3) is 5.35. The Morgan fingerprint density at radius 3 is 2.46 bits per heavy atom. The van der Waals surface area contributed by atoms with Crippen molar-refractivity contribution < 1.29 is 9.84 Å². The fourth-order valence-electron chi connectivity index (χ4n) is 3.13. The van der Waals surface area contributed by atoms with Crippen molar-refractivity contribution >= 4 is 11.8 Å². The topological polar surface area (TPSA) is 55.5 Å². The molecular formula is C21H35NO2. The summed E-state index contributed by atoms with van der Waals surface area (Å²) in [6, 6.07) is 4.43. The van der Waals surface area contributed by atoms with Crippen LogP contribution in [0, 0.1) is 0 Å². The standard InChI is InChI=1S/C21H35NO2/c1-6-9-17-14-18(20(22)19(15-17)16(4)5)10-11-21(7-2,12-13-23)24-8-3/h10-11,14-16,23H,6-9,12-13,22H2,1-5H3/b11-10+. The first-order chi connectivity index (χ1) is 11.4. The molecule has 0 amide bonds. The molecule has 1 rings (SSSR count). The van der Waals surface area contributed by atoms with E-state index in [1.54, 1.807) is 0 Å². The van der Waals surface area contributed by atoms with E-state index in [4.69, 9.17) is 10.5 Å². The van der Waals surface area contributed by atoms with Crippen molar-refractivity contribution in [2.75, 3.05) is 18.9 Å². The van der Waals surface area contributed by atoms with Crippen molar-refractivity contribution in [2.45, 2.75) is 71.8 Å². The maximum Gasteiger partial charge on any atom is 0.0884 e. The zero-order valence-corrected chi connectivity index (χ0v) is 16.1. The summed E-state index contributed by atoms with van der Waals surface area (Å²) in [5.41, 5.74) is 10.5. The molecule has 1 atom stereocenters. The Balaban J connectivity index is 3.27. The SMILES string of the molecule is CCCc1cc(/C=C/C(CC)(CCO)OCC)c(N)c(C(C)C)c1. The first-order valence-corrected chi connectivity index (χ1v) is 9.29. The van der Waals surface area contributed by atoms with E-state index < -0.39 is 5.60 Å². The van der Waals surface area contributed by atoms with E-state index >= 15 is 0 Å². The van der Waals surface area contributed by atoms with E-state index in [0.717, 1.165) is 30.5 Å². The van der Waals surface area contributed by atoms with Gasteiger partial charge in [0, 0.05) is 25.3 Å². The number of anilines is 1. The van der Waals surface area contributed by atoms with Crippen molar-refractivity contribution in [3.05, 3.63) is 34.9 Å². The second-order valence-electron chi connectivity index (χ2n) is 6.75. The van der Waals surface area contributed by atoms with Gasteiger partial charge in [0.15, 0.2) is 0 Å². The van der Waals surface area contributed by atoms with E-state index in [9.17, 15) is 5.11 Å². The predicted molar refractivity (Wildman–Crippen MR) is 104 cm³/mol. The number of ether oxygens (including phenoxy) is 1. The molecule has 136 valence electrons. The normalized spacial score (nSPS) is 14.5. The summed E-state index contributed by atoms with van der Waals surface area (Å²) in [5, 5.41) is 9.40. The molecule has 1 unspecified atom stereocenters. The van der Waals surface area contributed by atoms with Gasteiger partial charge in [0.05, 0.1) is 5.60 Å². The molecule has 3 N–H and O–H groups in total. The molecule has 0 radical (unpaired) electrons. The van der Waals surface area contributed by atoms with Crippen LogP contribution in [0.5, 0.6) is 0 Å². The van der Waals surface area contributed by atoms with Gasteiger partial charge in [-0.1, -0.05) is 52.3 Å². The molecule has 0 aromatic heterocycles. The number of nitrogens with two attached hydrogens (primary N) is 1. The summed E-state index contributed by atoms with van der Waals surface area (Å²) in [7, 11) is 0. The molecule has 0 spiro atoms. The minimum absolute atomic E-state index is 0.112. The van der Waals surface area contributed by atoms with Crippen LogP contribution in [-0.2, 0) is 11.2 Å². The van der Waals surface area contributed by atoms with Crippen molar-refractivity contribution in [1.82, 2.24) is 0 Å². The maximum absolute atomic E-state index is 9.40. The van der Waals surface area contributed by atoms with Crippen LogP contribution in [0.2, 0.25) is 0 Å². The maximum atomic E-state index is 9.40. The number of aliphatic hydroxyl groups excluding tert-OH is 1. The van der Waals surface area contributed by atoms with Crippen molar-refractivity contribution in [2.24, 2.45) is 0 Å². The Morgan fingerprint density at radius 2 is 1.96 bits per heavy atom. The van der Waals surface area contributed by atoms with Gasteiger partial charge in [-0.3, -0.25) is 0 Å². The summed E-state index contributed by atoms with van der Waals surface area (Å²) < 4.78 is 5.95. The van der Waals surface area contributed by atoms with E-state index in [-0.39, 0.29) is 6.61 Å². The number of hydrogen-bond acceptors (Lipinski definition) is 3. The van der Waals surface area contributed by atoms with Crippen molar-refractivity contribution in [3.63, 3.8) is 0 Å². The minimum Gasteiger partial charge on any atom is -0.398 e. The molecule has 0 saturated heterocycles. The molecule has 3 heteroatoms. The number of aryl methyl sites for hydroxylation is 1. The lowest BCUT2D eigenvalue weighted by Crippen LogP contribution is -2.30. The highest BCUT2D eigenvalue weighted by Crippen LogP contribution is 2.30. The van der Waals surface area contributed by atoms with E-state index in [1.165, 1.54) is 11.1 Å². The first-order valence-electron chi connectivity index (χ1n) is 9.29. The Hall–Kier alpha value is -1.32. The monoisotopic (exact) mass is 333 g/mol. The van der Waals surface area contributed by atoms with E-state index in [0.29, 0.717) is 18.9 Å². The summed E-state index contributed by atoms with van der Waals surface area (Å²) in [4.78, 5) is 0. The van der Waals surface area contributed by atoms with Gasteiger partial charge in [0.25, 0.3) is 0 Å². The average molecular weight is 334 g/mol. The molecule has 3 nitrogen and oxygen atoms in total. The number of benzene rings is 1. The third-order valence-electron chi connectivity index (χ3n) is 4.60. The van der Waals surface area contributed by atoms with Crippen LogP contribution < -0.4 is 5.73 Å². The summed E-state index contributed by atoms with van der Waals surface area (Å²) >= 11 is 0. The first kappa shape index (κ1) is 20.7. The highest BCUT2D eigenvalue weighted by Gasteiger charge is 2.24. The van der Waals surface area contributed by atoms with Crippen LogP contribution in [-0.4, -0.2) is 23.9 Å². The van der Waals surface area contributed by atoms with E-state index in [1.807, 2.05) is 6.92 Å². The fraction of sp³-hybridized carbons (Fsp3) is 0.619. The van der Waals surface area contributed by atoms with Gasteiger partial charge in [-0.05, 0) is 48.4 Å². The molecule has 0 aliphatic rings. The molecule has 0 bridgehead atoms. The molecule has 0 fully saturated rings. The van der Waals surface area contributed by atoms with Gasteiger partial charge in [0.2, 0.25) is 0 Å². The Labute approximate surface area is 147 Å². The van der Waals surface area contributed by atoms with Crippen LogP contribution in [0.15, 0.2) is 18.2 Å². The largest absolute Gasteiger partial charge is 0.398 e. The van der Waals surface area contributed by atoms with E-state index in [2.05, 4.69) is 52.0 Å². The molecule has 24 heavy (non-hydrogen) atoms. The van der Waals surface area contributed by atoms with Gasteiger partial charge < -0.3 is 15.6 Å². The highest BCUT2D eigenvalue weighted by molar-refractivity contribution is 5.70. The quantitative estimate of drug-likeness (QED) is 0.597. The molecule has 0 aliphatic heterocycles. The number of hydrogen-bond donors (Lipinski definition) is 2. The van der Waals surface area contributed by atoms with Crippen LogP contribution >= 0.6 is 0 Å². The zero-order chi connectivity index (χ0) is 18.2. The molecule has 0 heterocycles. The van der Waals surface area contributed by atoms with Gasteiger partial charge in [-0.25, -0.2) is 0 Å². The van der Waals surface area contributed by atoms with Gasteiger partial charge in [-0.2, -0.15) is 0 Å². The smallest absolute Gasteiger partial charge is 0.0884 e. The van der Waals surface area contributed by atoms with Gasteiger partial charge >= 0.3 is 0 Å². The van der Waals surface area contributed by atoms with Crippen LogP contribution in [0.4, 0.5) is 5.69 Å². The van der Waals surface area contributed by atoms with Crippen LogP contribution in [0.25, 0.3) is 6.08 Å². The lowest BCUT2D eigenvalue weighted by Gasteiger charge is -2.29. The average Bonchev–Trinajstić information content (AvgIpc) is 2.55. The van der Waals surface area contributed by atoms with Gasteiger partial charge in [0.1, 0.15) is 0 Å². The molecular weight excluding hydrogens is 298 g/mol. The van der Waals surface area contributed by atoms with Gasteiger partial charge in [-0.15, -0.1) is 0 Å². The second kappa shape index (κ2) is 9.85. The number of rotatable bonds is 10.